The predicted molar refractivity (Wildman–Crippen MR) is 120 cm³/mol. The van der Waals surface area contributed by atoms with E-state index in [0.717, 1.165) is 22.0 Å². The molecule has 0 saturated carbocycles. The summed E-state index contributed by atoms with van der Waals surface area (Å²) in [5, 5.41) is 14.6. The van der Waals surface area contributed by atoms with Crippen molar-refractivity contribution < 1.29 is 12.8 Å². The highest BCUT2D eigenvalue weighted by Gasteiger charge is 2.27. The van der Waals surface area contributed by atoms with E-state index < -0.39 is 15.8 Å². The van der Waals surface area contributed by atoms with Crippen molar-refractivity contribution in [3.63, 3.8) is 0 Å². The van der Waals surface area contributed by atoms with Crippen LogP contribution in [0.4, 0.5) is 10.1 Å². The van der Waals surface area contributed by atoms with Crippen LogP contribution in [-0.2, 0) is 10.0 Å². The molecule has 0 unspecified atom stereocenters. The third-order valence-electron chi connectivity index (χ3n) is 5.69. The quantitative estimate of drug-likeness (QED) is 0.647. The minimum atomic E-state index is -3.17. The molecule has 1 aliphatic rings. The van der Waals surface area contributed by atoms with E-state index in [-0.39, 0.29) is 17.4 Å². The first-order chi connectivity index (χ1) is 14.9. The average Bonchev–Trinajstić information content (AvgIpc) is 2.79. The molecule has 0 atom stereocenters. The number of benzene rings is 2. The highest BCUT2D eigenvalue weighted by atomic mass is 32.2. The normalized spacial score (nSPS) is 15.6. The molecule has 1 fully saturated rings. The van der Waals surface area contributed by atoms with Gasteiger partial charge in [0, 0.05) is 42.6 Å². The molecule has 1 aromatic heterocycles. The Bertz CT molecular complexity index is 1260. The van der Waals surface area contributed by atoms with E-state index in [2.05, 4.69) is 10.3 Å². The number of aromatic nitrogens is 1. The molecular weight excluding hydrogens is 415 g/mol. The maximum absolute atomic E-state index is 14.0. The third-order valence-corrected chi connectivity index (χ3v) is 7.57. The Labute approximate surface area is 181 Å². The average molecular weight is 439 g/mol. The fourth-order valence-electron chi connectivity index (χ4n) is 3.99. The molecule has 2 aromatic carbocycles. The van der Waals surface area contributed by atoms with Crippen LogP contribution in [-0.4, -0.2) is 42.6 Å². The van der Waals surface area contributed by atoms with E-state index in [0.29, 0.717) is 31.5 Å². The summed E-state index contributed by atoms with van der Waals surface area (Å²) in [7, 11) is -3.17. The van der Waals surface area contributed by atoms with Crippen molar-refractivity contribution in [3.05, 3.63) is 60.2 Å². The Hall–Kier alpha value is -3.02. The van der Waals surface area contributed by atoms with Crippen molar-refractivity contribution in [3.8, 4) is 17.2 Å². The number of hydrogen-bond donors (Lipinski definition) is 1. The SMILES string of the molecule is CCS(=O)(=O)N1CCC(Nc2cc(-c3cc(F)cc(C#N)c3)cc3ccncc23)CC1. The summed E-state index contributed by atoms with van der Waals surface area (Å²) in [4.78, 5) is 4.24. The molecule has 1 aliphatic heterocycles. The number of halogens is 1. The molecule has 6 nitrogen and oxygen atoms in total. The minimum absolute atomic E-state index is 0.113. The van der Waals surface area contributed by atoms with Crippen molar-refractivity contribution in [2.24, 2.45) is 0 Å². The standard InChI is InChI=1S/C23H23FN4O2S/c1-2-31(29,30)28-7-4-21(5-8-28)27-23-13-19(11-17-3-6-26-15-22(17)23)18-9-16(14-25)10-20(24)12-18/h3,6,9-13,15,21,27H,2,4-5,7-8H2,1H3. The molecule has 0 bridgehead atoms. The van der Waals surface area contributed by atoms with Crippen molar-refractivity contribution >= 4 is 26.5 Å². The van der Waals surface area contributed by atoms with Crippen LogP contribution in [0.3, 0.4) is 0 Å². The molecule has 1 saturated heterocycles. The molecule has 0 spiro atoms. The first-order valence-corrected chi connectivity index (χ1v) is 11.8. The number of nitrogens with one attached hydrogen (secondary N) is 1. The smallest absolute Gasteiger partial charge is 0.213 e. The lowest BCUT2D eigenvalue weighted by atomic mass is 9.98. The first kappa shape index (κ1) is 21.2. The van der Waals surface area contributed by atoms with Crippen molar-refractivity contribution in [2.75, 3.05) is 24.2 Å². The van der Waals surface area contributed by atoms with Gasteiger partial charge in [0.25, 0.3) is 0 Å². The Kier molecular flexibility index (Phi) is 5.90. The van der Waals surface area contributed by atoms with Crippen molar-refractivity contribution in [2.45, 2.75) is 25.8 Å². The zero-order valence-corrected chi connectivity index (χ0v) is 18.0. The summed E-state index contributed by atoms with van der Waals surface area (Å²) in [6.07, 6.45) is 4.88. The Balaban J connectivity index is 1.66. The van der Waals surface area contributed by atoms with Gasteiger partial charge in [-0.2, -0.15) is 5.26 Å². The number of sulfonamides is 1. The lowest BCUT2D eigenvalue weighted by Crippen LogP contribution is -2.42. The third kappa shape index (κ3) is 4.53. The number of fused-ring (bicyclic) bond motifs is 1. The molecular formula is C23H23FN4O2S. The van der Waals surface area contributed by atoms with Crippen molar-refractivity contribution in [1.82, 2.24) is 9.29 Å². The number of anilines is 1. The van der Waals surface area contributed by atoms with Crippen LogP contribution in [0, 0.1) is 17.1 Å². The number of hydrogen-bond acceptors (Lipinski definition) is 5. The van der Waals surface area contributed by atoms with Crippen LogP contribution in [0.25, 0.3) is 21.9 Å². The summed E-state index contributed by atoms with van der Waals surface area (Å²) in [6.45, 7) is 2.63. The van der Waals surface area contributed by atoms with Gasteiger partial charge in [0.15, 0.2) is 0 Å². The summed E-state index contributed by atoms with van der Waals surface area (Å²) < 4.78 is 39.8. The molecule has 2 heterocycles. The highest BCUT2D eigenvalue weighted by Crippen LogP contribution is 2.33. The lowest BCUT2D eigenvalue weighted by Gasteiger charge is -2.32. The number of nitrogens with zero attached hydrogens (tertiary/aromatic N) is 3. The molecule has 0 amide bonds. The van der Waals surface area contributed by atoms with Gasteiger partial charge in [-0.05, 0) is 72.7 Å². The first-order valence-electron chi connectivity index (χ1n) is 10.2. The summed E-state index contributed by atoms with van der Waals surface area (Å²) in [5.41, 5.74) is 2.55. The zero-order valence-electron chi connectivity index (χ0n) is 17.2. The number of pyridine rings is 1. The van der Waals surface area contributed by atoms with Gasteiger partial charge >= 0.3 is 0 Å². The van der Waals surface area contributed by atoms with Crippen LogP contribution < -0.4 is 5.32 Å². The second-order valence-corrected chi connectivity index (χ2v) is 9.94. The monoisotopic (exact) mass is 438 g/mol. The molecule has 3 aromatic rings. The zero-order chi connectivity index (χ0) is 22.0. The molecule has 160 valence electrons. The van der Waals surface area contributed by atoms with Crippen LogP contribution in [0.5, 0.6) is 0 Å². The van der Waals surface area contributed by atoms with E-state index in [9.17, 15) is 18.1 Å². The van der Waals surface area contributed by atoms with E-state index in [1.807, 2.05) is 24.3 Å². The van der Waals surface area contributed by atoms with Gasteiger partial charge in [-0.25, -0.2) is 17.1 Å². The van der Waals surface area contributed by atoms with Crippen LogP contribution in [0.1, 0.15) is 25.3 Å². The van der Waals surface area contributed by atoms with Gasteiger partial charge in [-0.15, -0.1) is 0 Å². The van der Waals surface area contributed by atoms with Gasteiger partial charge in [0.2, 0.25) is 10.0 Å². The van der Waals surface area contributed by atoms with E-state index in [4.69, 9.17) is 0 Å². The summed E-state index contributed by atoms with van der Waals surface area (Å²) >= 11 is 0. The molecule has 0 radical (unpaired) electrons. The molecule has 8 heteroatoms. The Morgan fingerprint density at radius 1 is 1.19 bits per heavy atom. The van der Waals surface area contributed by atoms with Gasteiger partial charge in [0.1, 0.15) is 5.82 Å². The van der Waals surface area contributed by atoms with Crippen LogP contribution >= 0.6 is 0 Å². The van der Waals surface area contributed by atoms with Crippen LogP contribution in [0.2, 0.25) is 0 Å². The highest BCUT2D eigenvalue weighted by molar-refractivity contribution is 7.89. The molecule has 31 heavy (non-hydrogen) atoms. The van der Waals surface area contributed by atoms with Crippen LogP contribution in [0.15, 0.2) is 48.8 Å². The number of rotatable bonds is 5. The van der Waals surface area contributed by atoms with Gasteiger partial charge in [0.05, 0.1) is 17.4 Å². The largest absolute Gasteiger partial charge is 0.382 e. The second kappa shape index (κ2) is 8.61. The van der Waals surface area contributed by atoms with Gasteiger partial charge in [-0.1, -0.05) is 0 Å². The van der Waals surface area contributed by atoms with Gasteiger partial charge in [-0.3, -0.25) is 4.98 Å². The van der Waals surface area contributed by atoms with E-state index in [1.165, 1.54) is 12.1 Å². The Morgan fingerprint density at radius 2 is 1.94 bits per heavy atom. The van der Waals surface area contributed by atoms with E-state index in [1.54, 1.807) is 29.7 Å². The maximum Gasteiger partial charge on any atom is 0.213 e. The molecule has 1 N–H and O–H groups in total. The number of nitriles is 1. The summed E-state index contributed by atoms with van der Waals surface area (Å²) in [5.74, 6) is -0.343. The molecule has 0 aliphatic carbocycles. The molecule has 4 rings (SSSR count). The second-order valence-electron chi connectivity index (χ2n) is 7.68. The van der Waals surface area contributed by atoms with Gasteiger partial charge < -0.3 is 5.32 Å². The fraction of sp³-hybridized carbons (Fsp3) is 0.304. The lowest BCUT2D eigenvalue weighted by molar-refractivity contribution is 0.330. The Morgan fingerprint density at radius 3 is 2.65 bits per heavy atom. The van der Waals surface area contributed by atoms with Crippen molar-refractivity contribution in [1.29, 1.82) is 5.26 Å². The minimum Gasteiger partial charge on any atom is -0.382 e. The maximum atomic E-state index is 14.0. The number of piperidine rings is 1. The summed E-state index contributed by atoms with van der Waals surface area (Å²) in [6, 6.07) is 12.2. The topological polar surface area (TPSA) is 86.1 Å². The fourth-order valence-corrected chi connectivity index (χ4v) is 5.12. The van der Waals surface area contributed by atoms with E-state index >= 15 is 0 Å². The predicted octanol–water partition coefficient (Wildman–Crippen LogP) is 4.14.